The van der Waals surface area contributed by atoms with Crippen molar-refractivity contribution in [2.45, 2.75) is 47.1 Å². The summed E-state index contributed by atoms with van der Waals surface area (Å²) in [4.78, 5) is 2.51. The summed E-state index contributed by atoms with van der Waals surface area (Å²) >= 11 is 0. The molecule has 0 N–H and O–H groups in total. The van der Waals surface area contributed by atoms with E-state index >= 15 is 0 Å². The molecule has 0 unspecified atom stereocenters. The SMILES string of the molecule is B.CCN(CC(C)C)C(C)(C)C. The van der Waals surface area contributed by atoms with Crippen LogP contribution in [0.25, 0.3) is 0 Å². The van der Waals surface area contributed by atoms with Gasteiger partial charge in [-0.1, -0.05) is 20.8 Å². The zero-order chi connectivity index (χ0) is 9.07. The molecule has 0 aliphatic carbocycles. The molecule has 1 nitrogen and oxygen atoms in total. The molecule has 0 rings (SSSR count). The summed E-state index contributed by atoms with van der Waals surface area (Å²) in [6.07, 6.45) is 0. The van der Waals surface area contributed by atoms with E-state index in [4.69, 9.17) is 0 Å². The molecule has 0 bridgehead atoms. The summed E-state index contributed by atoms with van der Waals surface area (Å²) in [5, 5.41) is 0. The molecule has 12 heavy (non-hydrogen) atoms. The zero-order valence-corrected chi connectivity index (χ0v) is 8.94. The van der Waals surface area contributed by atoms with Gasteiger partial charge in [-0.2, -0.15) is 0 Å². The third-order valence-electron chi connectivity index (χ3n) is 1.92. The van der Waals surface area contributed by atoms with Crippen LogP contribution in [0.2, 0.25) is 0 Å². The zero-order valence-electron chi connectivity index (χ0n) is 8.94. The minimum Gasteiger partial charge on any atom is -0.299 e. The van der Waals surface area contributed by atoms with Gasteiger partial charge < -0.3 is 0 Å². The highest BCUT2D eigenvalue weighted by Gasteiger charge is 2.19. The van der Waals surface area contributed by atoms with Gasteiger partial charge in [0.2, 0.25) is 0 Å². The van der Waals surface area contributed by atoms with E-state index in [1.54, 1.807) is 0 Å². The van der Waals surface area contributed by atoms with E-state index in [1.807, 2.05) is 0 Å². The topological polar surface area (TPSA) is 3.24 Å². The van der Waals surface area contributed by atoms with Crippen LogP contribution in [0.4, 0.5) is 0 Å². The fourth-order valence-corrected chi connectivity index (χ4v) is 1.32. The lowest BCUT2D eigenvalue weighted by atomic mass is 10.0. The molecule has 0 aliphatic heterocycles. The Hall–Kier alpha value is 0.0249. The van der Waals surface area contributed by atoms with Crippen molar-refractivity contribution < 1.29 is 0 Å². The van der Waals surface area contributed by atoms with Crippen molar-refractivity contribution >= 4 is 8.41 Å². The summed E-state index contributed by atoms with van der Waals surface area (Å²) in [7, 11) is 0. The van der Waals surface area contributed by atoms with Crippen LogP contribution in [0.3, 0.4) is 0 Å². The van der Waals surface area contributed by atoms with Gasteiger partial charge in [-0.05, 0) is 33.2 Å². The Bertz CT molecular complexity index is 105. The maximum Gasteiger partial charge on any atom is 0.0814 e. The monoisotopic (exact) mass is 171 g/mol. The minimum atomic E-state index is 0. The van der Waals surface area contributed by atoms with Crippen molar-refractivity contribution in [2.75, 3.05) is 13.1 Å². The van der Waals surface area contributed by atoms with Crippen LogP contribution in [0.5, 0.6) is 0 Å². The van der Waals surface area contributed by atoms with Crippen LogP contribution >= 0.6 is 0 Å². The third-order valence-corrected chi connectivity index (χ3v) is 1.92. The van der Waals surface area contributed by atoms with Crippen LogP contribution in [-0.2, 0) is 0 Å². The van der Waals surface area contributed by atoms with Gasteiger partial charge in [0.15, 0.2) is 0 Å². The molecule has 0 atom stereocenters. The maximum atomic E-state index is 2.51. The first-order valence-corrected chi connectivity index (χ1v) is 4.63. The molecule has 0 radical (unpaired) electrons. The average molecular weight is 171 g/mol. The van der Waals surface area contributed by atoms with Crippen LogP contribution in [0.15, 0.2) is 0 Å². The molecule has 0 aromatic heterocycles. The van der Waals surface area contributed by atoms with Crippen molar-refractivity contribution in [3.63, 3.8) is 0 Å². The maximum absolute atomic E-state index is 2.51. The lowest BCUT2D eigenvalue weighted by Crippen LogP contribution is -2.43. The van der Waals surface area contributed by atoms with Gasteiger partial charge in [0.25, 0.3) is 0 Å². The first kappa shape index (κ1) is 14.5. The molecule has 0 heterocycles. The van der Waals surface area contributed by atoms with Gasteiger partial charge in [0.05, 0.1) is 8.41 Å². The largest absolute Gasteiger partial charge is 0.299 e. The lowest BCUT2D eigenvalue weighted by molar-refractivity contribution is 0.128. The molecule has 0 saturated heterocycles. The third kappa shape index (κ3) is 5.65. The predicted molar refractivity (Wildman–Crippen MR) is 61.8 cm³/mol. The molecule has 0 aromatic rings. The average Bonchev–Trinajstić information content (AvgIpc) is 1.79. The molecule has 0 spiro atoms. The van der Waals surface area contributed by atoms with Gasteiger partial charge in [-0.25, -0.2) is 0 Å². The smallest absolute Gasteiger partial charge is 0.0814 e. The highest BCUT2D eigenvalue weighted by molar-refractivity contribution is 5.75. The van der Waals surface area contributed by atoms with Crippen LogP contribution in [-0.4, -0.2) is 31.9 Å². The quantitative estimate of drug-likeness (QED) is 0.583. The fourth-order valence-electron chi connectivity index (χ4n) is 1.32. The van der Waals surface area contributed by atoms with Crippen molar-refractivity contribution in [1.29, 1.82) is 0 Å². The molecule has 0 aromatic carbocycles. The van der Waals surface area contributed by atoms with E-state index < -0.39 is 0 Å². The number of rotatable bonds is 3. The number of hydrogen-bond donors (Lipinski definition) is 0. The molecular weight excluding hydrogens is 145 g/mol. The van der Waals surface area contributed by atoms with E-state index in [0.29, 0.717) is 5.54 Å². The molecule has 0 saturated carbocycles. The van der Waals surface area contributed by atoms with Gasteiger partial charge >= 0.3 is 0 Å². The van der Waals surface area contributed by atoms with E-state index in [9.17, 15) is 0 Å². The Morgan fingerprint density at radius 1 is 1.17 bits per heavy atom. The van der Waals surface area contributed by atoms with E-state index in [1.165, 1.54) is 6.54 Å². The Labute approximate surface area is 80.1 Å². The van der Waals surface area contributed by atoms with Crippen molar-refractivity contribution in [2.24, 2.45) is 5.92 Å². The van der Waals surface area contributed by atoms with Gasteiger partial charge in [-0.15, -0.1) is 0 Å². The standard InChI is InChI=1S/C10H23N.BH3/c1-7-11(8-9(2)3)10(4,5)6;/h9H,7-8H2,1-6H3;1H3. The molecule has 74 valence electrons. The van der Waals surface area contributed by atoms with Gasteiger partial charge in [-0.3, -0.25) is 4.90 Å². The minimum absolute atomic E-state index is 0. The fraction of sp³-hybridized carbons (Fsp3) is 1.00. The molecule has 0 fully saturated rings. The second-order valence-corrected chi connectivity index (χ2v) is 4.60. The Morgan fingerprint density at radius 3 is 1.67 bits per heavy atom. The lowest BCUT2D eigenvalue weighted by Gasteiger charge is -2.35. The van der Waals surface area contributed by atoms with Crippen molar-refractivity contribution in [3.05, 3.63) is 0 Å². The molecule has 0 aliphatic rings. The molecule has 0 amide bonds. The second kappa shape index (κ2) is 5.63. The predicted octanol–water partition coefficient (Wildman–Crippen LogP) is 1.58. The summed E-state index contributed by atoms with van der Waals surface area (Å²) in [5.74, 6) is 0.772. The Morgan fingerprint density at radius 2 is 1.58 bits per heavy atom. The first-order chi connectivity index (χ1) is 4.88. The van der Waals surface area contributed by atoms with E-state index in [2.05, 4.69) is 46.4 Å². The number of nitrogens with zero attached hydrogens (tertiary/aromatic N) is 1. The normalized spacial score (nSPS) is 12.0. The highest BCUT2D eigenvalue weighted by Crippen LogP contribution is 2.14. The molecule has 2 heteroatoms. The summed E-state index contributed by atoms with van der Waals surface area (Å²) in [6, 6.07) is 0. The van der Waals surface area contributed by atoms with Gasteiger partial charge in [0.1, 0.15) is 0 Å². The first-order valence-electron chi connectivity index (χ1n) is 4.63. The van der Waals surface area contributed by atoms with Crippen molar-refractivity contribution in [3.8, 4) is 0 Å². The Kier molecular flexibility index (Phi) is 6.83. The Balaban J connectivity index is 0. The van der Waals surface area contributed by atoms with Crippen LogP contribution in [0.1, 0.15) is 41.5 Å². The number of hydrogen-bond acceptors (Lipinski definition) is 1. The highest BCUT2D eigenvalue weighted by atomic mass is 15.2. The van der Waals surface area contributed by atoms with E-state index in [-0.39, 0.29) is 8.41 Å². The second-order valence-electron chi connectivity index (χ2n) is 4.60. The molecular formula is C10H26BN. The van der Waals surface area contributed by atoms with E-state index in [0.717, 1.165) is 12.5 Å². The van der Waals surface area contributed by atoms with Crippen molar-refractivity contribution in [1.82, 2.24) is 4.90 Å². The van der Waals surface area contributed by atoms with Gasteiger partial charge in [0, 0.05) is 12.1 Å². The van der Waals surface area contributed by atoms with Crippen LogP contribution < -0.4 is 0 Å². The summed E-state index contributed by atoms with van der Waals surface area (Å²) < 4.78 is 0. The van der Waals surface area contributed by atoms with Crippen LogP contribution in [0, 0.1) is 5.92 Å². The summed E-state index contributed by atoms with van der Waals surface area (Å²) in [6.45, 7) is 16.0. The summed E-state index contributed by atoms with van der Waals surface area (Å²) in [5.41, 5.74) is 0.332.